The van der Waals surface area contributed by atoms with E-state index >= 15 is 0 Å². The third-order valence-corrected chi connectivity index (χ3v) is 3.75. The average Bonchev–Trinajstić information content (AvgIpc) is 2.34. The second kappa shape index (κ2) is 5.33. The number of hydrogen-bond donors (Lipinski definition) is 1. The van der Waals surface area contributed by atoms with Crippen molar-refractivity contribution in [2.24, 2.45) is 11.8 Å². The van der Waals surface area contributed by atoms with Gasteiger partial charge in [0.1, 0.15) is 11.7 Å². The molecule has 3 atom stereocenters. The number of hydrogen-bond acceptors (Lipinski definition) is 4. The Morgan fingerprint density at radius 1 is 1.39 bits per heavy atom. The minimum atomic E-state index is -1.03. The SMILES string of the molecule is CC1CCC(Oc2nnccc2C(=O)O)CC1C. The van der Waals surface area contributed by atoms with Crippen LogP contribution in [0.1, 0.15) is 43.5 Å². The van der Waals surface area contributed by atoms with Crippen molar-refractivity contribution in [2.75, 3.05) is 0 Å². The predicted octanol–water partition coefficient (Wildman–Crippen LogP) is 2.38. The smallest absolute Gasteiger partial charge is 0.341 e. The number of ether oxygens (including phenoxy) is 1. The highest BCUT2D eigenvalue weighted by molar-refractivity contribution is 5.89. The first-order valence-corrected chi connectivity index (χ1v) is 6.29. The molecular formula is C13H18N2O3. The van der Waals surface area contributed by atoms with E-state index in [2.05, 4.69) is 24.0 Å². The largest absolute Gasteiger partial charge is 0.477 e. The second-order valence-electron chi connectivity index (χ2n) is 5.06. The first-order valence-electron chi connectivity index (χ1n) is 6.29. The minimum Gasteiger partial charge on any atom is -0.477 e. The van der Waals surface area contributed by atoms with Gasteiger partial charge in [0.25, 0.3) is 0 Å². The molecule has 3 unspecified atom stereocenters. The van der Waals surface area contributed by atoms with E-state index < -0.39 is 5.97 Å². The number of carboxylic acid groups (broad SMARTS) is 1. The molecule has 0 radical (unpaired) electrons. The van der Waals surface area contributed by atoms with E-state index in [-0.39, 0.29) is 17.5 Å². The van der Waals surface area contributed by atoms with Gasteiger partial charge in [-0.05, 0) is 37.2 Å². The number of nitrogens with zero attached hydrogens (tertiary/aromatic N) is 2. The normalized spacial score (nSPS) is 27.8. The number of carboxylic acids is 1. The summed E-state index contributed by atoms with van der Waals surface area (Å²) in [5, 5.41) is 16.5. The first kappa shape index (κ1) is 12.8. The van der Waals surface area contributed by atoms with Crippen LogP contribution >= 0.6 is 0 Å². The molecule has 1 aromatic heterocycles. The summed E-state index contributed by atoms with van der Waals surface area (Å²) in [6.07, 6.45) is 4.40. The zero-order chi connectivity index (χ0) is 13.1. The summed E-state index contributed by atoms with van der Waals surface area (Å²) in [5.41, 5.74) is 0.0799. The highest BCUT2D eigenvalue weighted by Gasteiger charge is 2.27. The lowest BCUT2D eigenvalue weighted by atomic mass is 9.80. The fourth-order valence-electron chi connectivity index (χ4n) is 2.33. The summed E-state index contributed by atoms with van der Waals surface area (Å²) in [4.78, 5) is 11.0. The van der Waals surface area contributed by atoms with Crippen LogP contribution in [0.5, 0.6) is 5.88 Å². The molecule has 1 aliphatic rings. The molecule has 0 saturated heterocycles. The molecular weight excluding hydrogens is 232 g/mol. The van der Waals surface area contributed by atoms with Crippen molar-refractivity contribution >= 4 is 5.97 Å². The highest BCUT2D eigenvalue weighted by Crippen LogP contribution is 2.31. The van der Waals surface area contributed by atoms with Crippen molar-refractivity contribution in [1.29, 1.82) is 0 Å². The van der Waals surface area contributed by atoms with Crippen LogP contribution in [0, 0.1) is 11.8 Å². The Hall–Kier alpha value is -1.65. The van der Waals surface area contributed by atoms with Crippen molar-refractivity contribution in [3.05, 3.63) is 17.8 Å². The van der Waals surface area contributed by atoms with Crippen molar-refractivity contribution in [1.82, 2.24) is 10.2 Å². The van der Waals surface area contributed by atoms with E-state index in [1.54, 1.807) is 0 Å². The average molecular weight is 250 g/mol. The molecule has 1 aromatic rings. The van der Waals surface area contributed by atoms with E-state index in [0.717, 1.165) is 19.3 Å². The molecule has 1 heterocycles. The Labute approximate surface area is 106 Å². The summed E-state index contributed by atoms with van der Waals surface area (Å²) in [5.74, 6) is 0.397. The van der Waals surface area contributed by atoms with Crippen molar-refractivity contribution in [2.45, 2.75) is 39.2 Å². The van der Waals surface area contributed by atoms with Gasteiger partial charge < -0.3 is 9.84 Å². The summed E-state index contributed by atoms with van der Waals surface area (Å²) >= 11 is 0. The number of rotatable bonds is 3. The molecule has 0 spiro atoms. The fourth-order valence-corrected chi connectivity index (χ4v) is 2.33. The Balaban J connectivity index is 2.08. The van der Waals surface area contributed by atoms with Gasteiger partial charge in [-0.2, -0.15) is 5.10 Å². The van der Waals surface area contributed by atoms with Crippen LogP contribution in [0.4, 0.5) is 0 Å². The van der Waals surface area contributed by atoms with E-state index in [4.69, 9.17) is 9.84 Å². The predicted molar refractivity (Wildman–Crippen MR) is 65.6 cm³/mol. The molecule has 1 saturated carbocycles. The maximum atomic E-state index is 11.0. The maximum Gasteiger partial charge on any atom is 0.341 e. The molecule has 0 bridgehead atoms. The maximum absolute atomic E-state index is 11.0. The van der Waals surface area contributed by atoms with Crippen LogP contribution in [0.2, 0.25) is 0 Å². The van der Waals surface area contributed by atoms with Crippen LogP contribution in [0.25, 0.3) is 0 Å². The van der Waals surface area contributed by atoms with Gasteiger partial charge in [0.05, 0.1) is 6.20 Å². The molecule has 0 aromatic carbocycles. The van der Waals surface area contributed by atoms with Crippen molar-refractivity contribution in [3.63, 3.8) is 0 Å². The standard InChI is InChI=1S/C13H18N2O3/c1-8-3-4-10(7-9(8)2)18-12-11(13(16)17)5-6-14-15-12/h5-6,8-10H,3-4,7H2,1-2H3,(H,16,17). The van der Waals surface area contributed by atoms with Crippen LogP contribution in [0.15, 0.2) is 12.3 Å². The highest BCUT2D eigenvalue weighted by atomic mass is 16.5. The van der Waals surface area contributed by atoms with E-state index in [1.807, 2.05) is 0 Å². The van der Waals surface area contributed by atoms with E-state index in [9.17, 15) is 4.79 Å². The van der Waals surface area contributed by atoms with Gasteiger partial charge in [0.15, 0.2) is 0 Å². The topological polar surface area (TPSA) is 72.3 Å². The summed E-state index contributed by atoms with van der Waals surface area (Å²) < 4.78 is 5.71. The van der Waals surface area contributed by atoms with Gasteiger partial charge in [-0.25, -0.2) is 4.79 Å². The third-order valence-electron chi connectivity index (χ3n) is 3.75. The van der Waals surface area contributed by atoms with Gasteiger partial charge in [-0.3, -0.25) is 0 Å². The summed E-state index contributed by atoms with van der Waals surface area (Å²) in [7, 11) is 0. The van der Waals surface area contributed by atoms with Gasteiger partial charge in [-0.1, -0.05) is 13.8 Å². The number of aromatic nitrogens is 2. The fraction of sp³-hybridized carbons (Fsp3) is 0.615. The van der Waals surface area contributed by atoms with Crippen molar-refractivity contribution in [3.8, 4) is 5.88 Å². The third kappa shape index (κ3) is 2.78. The van der Waals surface area contributed by atoms with Crippen LogP contribution in [-0.4, -0.2) is 27.4 Å². The van der Waals surface area contributed by atoms with Crippen LogP contribution in [-0.2, 0) is 0 Å². The molecule has 18 heavy (non-hydrogen) atoms. The second-order valence-corrected chi connectivity index (χ2v) is 5.06. The van der Waals surface area contributed by atoms with Gasteiger partial charge in [0.2, 0.25) is 5.88 Å². The Bertz CT molecular complexity index is 436. The molecule has 1 aliphatic carbocycles. The Morgan fingerprint density at radius 2 is 2.17 bits per heavy atom. The van der Waals surface area contributed by atoms with Crippen molar-refractivity contribution < 1.29 is 14.6 Å². The molecule has 5 heteroatoms. The minimum absolute atomic E-state index is 0.0472. The first-order chi connectivity index (χ1) is 8.58. The lowest BCUT2D eigenvalue weighted by Gasteiger charge is -2.31. The molecule has 1 N–H and O–H groups in total. The Kier molecular flexibility index (Phi) is 3.79. The monoisotopic (exact) mass is 250 g/mol. The van der Waals surface area contributed by atoms with Crippen LogP contribution < -0.4 is 4.74 Å². The number of aromatic carboxylic acids is 1. The molecule has 98 valence electrons. The molecule has 0 amide bonds. The van der Waals surface area contributed by atoms with E-state index in [1.165, 1.54) is 12.3 Å². The van der Waals surface area contributed by atoms with Gasteiger partial charge in [0, 0.05) is 0 Å². The zero-order valence-electron chi connectivity index (χ0n) is 10.7. The lowest BCUT2D eigenvalue weighted by Crippen LogP contribution is -2.29. The summed E-state index contributed by atoms with van der Waals surface area (Å²) in [6.45, 7) is 4.45. The molecule has 1 fully saturated rings. The number of carbonyl (C=O) groups is 1. The zero-order valence-corrected chi connectivity index (χ0v) is 10.7. The van der Waals surface area contributed by atoms with E-state index in [0.29, 0.717) is 11.8 Å². The van der Waals surface area contributed by atoms with Crippen LogP contribution in [0.3, 0.4) is 0 Å². The summed E-state index contributed by atoms with van der Waals surface area (Å²) in [6, 6.07) is 1.42. The van der Waals surface area contributed by atoms with Gasteiger partial charge >= 0.3 is 5.97 Å². The quantitative estimate of drug-likeness (QED) is 0.891. The van der Waals surface area contributed by atoms with Gasteiger partial charge in [-0.15, -0.1) is 5.10 Å². The molecule has 5 nitrogen and oxygen atoms in total. The Morgan fingerprint density at radius 3 is 2.83 bits per heavy atom. The molecule has 0 aliphatic heterocycles. The lowest BCUT2D eigenvalue weighted by molar-refractivity contribution is 0.0668. The molecule has 2 rings (SSSR count).